The first-order chi connectivity index (χ1) is 12.5. The van der Waals surface area contributed by atoms with E-state index in [1.54, 1.807) is 42.3 Å². The van der Waals surface area contributed by atoms with Crippen molar-refractivity contribution in [3.63, 3.8) is 0 Å². The molecule has 3 rings (SSSR count). The fraction of sp³-hybridized carbons (Fsp3) is 0.176. The normalized spacial score (nSPS) is 11.5. The van der Waals surface area contributed by atoms with Crippen molar-refractivity contribution in [1.82, 2.24) is 14.8 Å². The molecule has 136 valence electrons. The van der Waals surface area contributed by atoms with Gasteiger partial charge in [0, 0.05) is 16.3 Å². The van der Waals surface area contributed by atoms with Crippen molar-refractivity contribution in [2.45, 2.75) is 10.1 Å². The van der Waals surface area contributed by atoms with E-state index in [0.29, 0.717) is 15.8 Å². The largest absolute Gasteiger partial charge is 0.497 e. The number of methoxy groups -OCH3 is 1. The molecule has 26 heavy (non-hydrogen) atoms. The number of rotatable bonds is 7. The molecule has 0 saturated carbocycles. The molecule has 0 atom stereocenters. The molecule has 0 aliphatic rings. The molecule has 3 aromatic rings. The van der Waals surface area contributed by atoms with E-state index in [1.807, 2.05) is 24.3 Å². The summed E-state index contributed by atoms with van der Waals surface area (Å²) in [5.41, 5.74) is 0.854. The Morgan fingerprint density at radius 2 is 1.96 bits per heavy atom. The summed E-state index contributed by atoms with van der Waals surface area (Å²) in [6, 6.07) is 14.1. The van der Waals surface area contributed by atoms with E-state index >= 15 is 0 Å². The van der Waals surface area contributed by atoms with Gasteiger partial charge in [-0.1, -0.05) is 33.8 Å². The van der Waals surface area contributed by atoms with Crippen molar-refractivity contribution in [2.24, 2.45) is 0 Å². The minimum Gasteiger partial charge on any atom is -0.497 e. The summed E-state index contributed by atoms with van der Waals surface area (Å²) < 4.78 is 32.7. The maximum absolute atomic E-state index is 12.4. The van der Waals surface area contributed by atoms with Crippen LogP contribution >= 0.6 is 27.7 Å². The molecule has 6 nitrogen and oxygen atoms in total. The summed E-state index contributed by atoms with van der Waals surface area (Å²) in [6.07, 6.45) is 1.60. The molecule has 0 amide bonds. The van der Waals surface area contributed by atoms with Crippen LogP contribution in [0.25, 0.3) is 5.69 Å². The lowest BCUT2D eigenvalue weighted by Gasteiger charge is -2.08. The summed E-state index contributed by atoms with van der Waals surface area (Å²) in [4.78, 5) is 0.315. The highest BCUT2D eigenvalue weighted by Crippen LogP contribution is 2.23. The van der Waals surface area contributed by atoms with Gasteiger partial charge in [0.25, 0.3) is 0 Å². The average molecular weight is 454 g/mol. The minimum absolute atomic E-state index is 0.0181. The van der Waals surface area contributed by atoms with Crippen molar-refractivity contribution in [3.05, 3.63) is 59.3 Å². The highest BCUT2D eigenvalue weighted by Gasteiger charge is 2.16. The summed E-state index contributed by atoms with van der Waals surface area (Å²) in [5, 5.41) is 8.65. The monoisotopic (exact) mass is 453 g/mol. The Morgan fingerprint density at radius 3 is 2.69 bits per heavy atom. The fourth-order valence-corrected chi connectivity index (χ4v) is 5.10. The Hall–Kier alpha value is -1.84. The van der Waals surface area contributed by atoms with Gasteiger partial charge >= 0.3 is 0 Å². The van der Waals surface area contributed by atoms with E-state index in [-0.39, 0.29) is 5.75 Å². The van der Waals surface area contributed by atoms with Crippen LogP contribution in [0.5, 0.6) is 5.75 Å². The Bertz CT molecular complexity index is 988. The van der Waals surface area contributed by atoms with E-state index < -0.39 is 9.84 Å². The molecule has 0 spiro atoms. The number of aromatic nitrogens is 3. The Labute approximate surface area is 164 Å². The maximum Gasteiger partial charge on any atom is 0.195 e. The molecule has 0 N–H and O–H groups in total. The van der Waals surface area contributed by atoms with Crippen LogP contribution in [0.1, 0.15) is 0 Å². The van der Waals surface area contributed by atoms with Crippen molar-refractivity contribution >= 4 is 37.5 Å². The fourth-order valence-electron chi connectivity index (χ4n) is 2.26. The van der Waals surface area contributed by atoms with Gasteiger partial charge in [-0.15, -0.1) is 10.2 Å². The van der Waals surface area contributed by atoms with Crippen LogP contribution in [0, 0.1) is 0 Å². The smallest absolute Gasteiger partial charge is 0.195 e. The molecule has 1 heterocycles. The quantitative estimate of drug-likeness (QED) is 0.508. The van der Waals surface area contributed by atoms with Gasteiger partial charge in [-0.25, -0.2) is 8.42 Å². The summed E-state index contributed by atoms with van der Waals surface area (Å²) in [5.74, 6) is 1.12. The molecule has 0 unspecified atom stereocenters. The van der Waals surface area contributed by atoms with Crippen molar-refractivity contribution < 1.29 is 13.2 Å². The van der Waals surface area contributed by atoms with Gasteiger partial charge in [-0.3, -0.25) is 4.57 Å². The third-order valence-corrected chi connectivity index (χ3v) is 7.07. The van der Waals surface area contributed by atoms with Crippen LogP contribution in [0.15, 0.2) is 69.4 Å². The second-order valence-electron chi connectivity index (χ2n) is 5.31. The molecule has 1 aromatic heterocycles. The molecule has 0 aliphatic carbocycles. The Morgan fingerprint density at radius 1 is 1.19 bits per heavy atom. The molecule has 0 saturated heterocycles. The topological polar surface area (TPSA) is 74.1 Å². The van der Waals surface area contributed by atoms with E-state index in [2.05, 4.69) is 26.1 Å². The lowest BCUT2D eigenvalue weighted by atomic mass is 10.3. The van der Waals surface area contributed by atoms with E-state index in [9.17, 15) is 8.42 Å². The molecule has 2 aromatic carbocycles. The molecule has 9 heteroatoms. The molecular weight excluding hydrogens is 438 g/mol. The number of benzene rings is 2. The Balaban J connectivity index is 1.69. The zero-order valence-corrected chi connectivity index (χ0v) is 17.1. The minimum atomic E-state index is -3.34. The van der Waals surface area contributed by atoms with Crippen molar-refractivity contribution in [1.29, 1.82) is 0 Å². The van der Waals surface area contributed by atoms with Crippen LogP contribution in [0.3, 0.4) is 0 Å². The second kappa shape index (κ2) is 8.24. The highest BCUT2D eigenvalue weighted by molar-refractivity contribution is 9.10. The van der Waals surface area contributed by atoms with E-state index in [0.717, 1.165) is 15.9 Å². The van der Waals surface area contributed by atoms with Crippen LogP contribution in [0.4, 0.5) is 0 Å². The summed E-state index contributed by atoms with van der Waals surface area (Å²) >= 11 is 4.65. The van der Waals surface area contributed by atoms with Crippen LogP contribution < -0.4 is 4.74 Å². The number of sulfone groups is 1. The Kier molecular flexibility index (Phi) is 6.00. The zero-order chi connectivity index (χ0) is 18.6. The summed E-state index contributed by atoms with van der Waals surface area (Å²) in [7, 11) is -1.73. The van der Waals surface area contributed by atoms with Gasteiger partial charge in [0.05, 0.1) is 23.4 Å². The second-order valence-corrected chi connectivity index (χ2v) is 9.39. The first-order valence-corrected chi connectivity index (χ1v) is 11.1. The molecular formula is C17H16BrN3O3S2. The zero-order valence-electron chi connectivity index (χ0n) is 13.9. The van der Waals surface area contributed by atoms with E-state index in [1.165, 1.54) is 11.8 Å². The maximum atomic E-state index is 12.4. The van der Waals surface area contributed by atoms with Gasteiger partial charge in [0.15, 0.2) is 15.0 Å². The predicted octanol–water partition coefficient (Wildman–Crippen LogP) is 3.60. The lowest BCUT2D eigenvalue weighted by Crippen LogP contribution is -2.09. The molecule has 0 aliphatic heterocycles. The van der Waals surface area contributed by atoms with Crippen LogP contribution in [-0.2, 0) is 9.84 Å². The van der Waals surface area contributed by atoms with Crippen molar-refractivity contribution in [2.75, 3.05) is 18.6 Å². The van der Waals surface area contributed by atoms with Gasteiger partial charge in [0.2, 0.25) is 0 Å². The SMILES string of the molecule is COc1cccc(-n2cnnc2SCCS(=O)(=O)c2ccc(Br)cc2)c1. The number of halogens is 1. The predicted molar refractivity (Wildman–Crippen MR) is 105 cm³/mol. The number of ether oxygens (including phenoxy) is 1. The number of hydrogen-bond donors (Lipinski definition) is 0. The highest BCUT2D eigenvalue weighted by atomic mass is 79.9. The lowest BCUT2D eigenvalue weighted by molar-refractivity contribution is 0.414. The van der Waals surface area contributed by atoms with Gasteiger partial charge < -0.3 is 4.74 Å². The van der Waals surface area contributed by atoms with Gasteiger partial charge in [-0.2, -0.15) is 0 Å². The third kappa shape index (κ3) is 4.46. The average Bonchev–Trinajstić information content (AvgIpc) is 3.10. The molecule has 0 bridgehead atoms. The van der Waals surface area contributed by atoms with Gasteiger partial charge in [0.1, 0.15) is 12.1 Å². The molecule has 0 radical (unpaired) electrons. The first kappa shape index (κ1) is 18.9. The third-order valence-electron chi connectivity index (χ3n) is 3.60. The van der Waals surface area contributed by atoms with Crippen molar-refractivity contribution in [3.8, 4) is 11.4 Å². The van der Waals surface area contributed by atoms with Gasteiger partial charge in [-0.05, 0) is 36.4 Å². The number of thioether (sulfide) groups is 1. The van der Waals surface area contributed by atoms with E-state index in [4.69, 9.17) is 4.74 Å². The summed E-state index contributed by atoms with van der Waals surface area (Å²) in [6.45, 7) is 0. The first-order valence-electron chi connectivity index (χ1n) is 7.65. The number of nitrogens with zero attached hydrogens (tertiary/aromatic N) is 3. The molecule has 0 fully saturated rings. The van der Waals surface area contributed by atoms with Crippen LogP contribution in [0.2, 0.25) is 0 Å². The van der Waals surface area contributed by atoms with Crippen LogP contribution in [-0.4, -0.2) is 41.8 Å². The standard InChI is InChI=1S/C17H16BrN3O3S2/c1-24-15-4-2-3-14(11-15)21-12-19-20-17(21)25-9-10-26(22,23)16-7-5-13(18)6-8-16/h2-8,11-12H,9-10H2,1H3. The number of hydrogen-bond acceptors (Lipinski definition) is 6.